The van der Waals surface area contributed by atoms with Gasteiger partial charge < -0.3 is 4.98 Å². The van der Waals surface area contributed by atoms with Crippen molar-refractivity contribution in [2.75, 3.05) is 0 Å². The van der Waals surface area contributed by atoms with Crippen molar-refractivity contribution in [3.05, 3.63) is 27.6 Å². The molecule has 0 saturated heterocycles. The Morgan fingerprint density at radius 3 is 2.71 bits per heavy atom. The van der Waals surface area contributed by atoms with Crippen LogP contribution >= 0.6 is 22.6 Å². The number of hydrogen-bond acceptors (Lipinski definition) is 1. The summed E-state index contributed by atoms with van der Waals surface area (Å²) in [6, 6.07) is 1.06. The maximum Gasteiger partial charge on any atom is 0.417 e. The van der Waals surface area contributed by atoms with E-state index in [2.05, 4.69) is 9.97 Å². The summed E-state index contributed by atoms with van der Waals surface area (Å²) >= 11 is 2.01. The fourth-order valence-electron chi connectivity index (χ4n) is 1.13. The average molecular weight is 312 g/mol. The van der Waals surface area contributed by atoms with Crippen molar-refractivity contribution in [3.63, 3.8) is 0 Å². The molecule has 0 atom stereocenters. The summed E-state index contributed by atoms with van der Waals surface area (Å²) in [6.45, 7) is 0. The van der Waals surface area contributed by atoms with Crippen molar-refractivity contribution in [2.24, 2.45) is 0 Å². The Kier molecular flexibility index (Phi) is 2.17. The van der Waals surface area contributed by atoms with Gasteiger partial charge in [0.2, 0.25) is 0 Å². The van der Waals surface area contributed by atoms with Crippen molar-refractivity contribution < 1.29 is 13.2 Å². The quantitative estimate of drug-likeness (QED) is 0.744. The molecule has 0 unspecified atom stereocenters. The molecule has 6 heteroatoms. The van der Waals surface area contributed by atoms with Crippen LogP contribution in [0.15, 0.2) is 18.5 Å². The minimum absolute atomic E-state index is 0.407. The first-order chi connectivity index (χ1) is 6.48. The smallest absolute Gasteiger partial charge is 0.359 e. The summed E-state index contributed by atoms with van der Waals surface area (Å²) in [5, 5.41) is 0. The zero-order chi connectivity index (χ0) is 10.3. The van der Waals surface area contributed by atoms with Gasteiger partial charge in [-0.05, 0) is 28.7 Å². The largest absolute Gasteiger partial charge is 0.417 e. The lowest BCUT2D eigenvalue weighted by Crippen LogP contribution is -2.05. The molecule has 0 aromatic carbocycles. The van der Waals surface area contributed by atoms with Crippen molar-refractivity contribution in [1.29, 1.82) is 0 Å². The number of alkyl halides is 3. The van der Waals surface area contributed by atoms with Crippen molar-refractivity contribution >= 4 is 33.6 Å². The molecule has 0 fully saturated rings. The lowest BCUT2D eigenvalue weighted by atomic mass is 10.2. The first-order valence-corrected chi connectivity index (χ1v) is 4.76. The summed E-state index contributed by atoms with van der Waals surface area (Å²) in [5.41, 5.74) is 0.242. The van der Waals surface area contributed by atoms with Gasteiger partial charge >= 0.3 is 6.18 Å². The number of hydrogen-bond donors (Lipinski definition) is 1. The Labute approximate surface area is 90.7 Å². The molecule has 74 valence electrons. The molecule has 2 aromatic rings. The summed E-state index contributed by atoms with van der Waals surface area (Å²) in [6.07, 6.45) is -1.87. The van der Waals surface area contributed by atoms with E-state index in [9.17, 15) is 13.2 Å². The number of nitrogens with one attached hydrogen (secondary N) is 1. The van der Waals surface area contributed by atoms with E-state index in [-0.39, 0.29) is 0 Å². The zero-order valence-corrected chi connectivity index (χ0v) is 8.85. The van der Waals surface area contributed by atoms with E-state index < -0.39 is 11.7 Å². The van der Waals surface area contributed by atoms with Gasteiger partial charge in [0.25, 0.3) is 0 Å². The minimum Gasteiger partial charge on any atom is -0.359 e. The Balaban J connectivity index is 2.63. The molecule has 1 N–H and O–H groups in total. The maximum absolute atomic E-state index is 12.3. The van der Waals surface area contributed by atoms with Crippen LogP contribution in [0.1, 0.15) is 5.56 Å². The van der Waals surface area contributed by atoms with E-state index >= 15 is 0 Å². The fourth-order valence-corrected chi connectivity index (χ4v) is 1.72. The van der Waals surface area contributed by atoms with Crippen LogP contribution in [0.25, 0.3) is 11.0 Å². The first-order valence-electron chi connectivity index (χ1n) is 3.68. The van der Waals surface area contributed by atoms with E-state index in [4.69, 9.17) is 0 Å². The molecule has 0 aliphatic carbocycles. The molecule has 2 aromatic heterocycles. The molecule has 0 saturated carbocycles. The molecule has 0 aliphatic heterocycles. The summed E-state index contributed by atoms with van der Waals surface area (Å²) in [4.78, 5) is 6.48. The molecular formula is C8H4F3IN2. The average Bonchev–Trinajstić information content (AvgIpc) is 2.46. The molecular weight excluding hydrogens is 308 g/mol. The second kappa shape index (κ2) is 3.11. The lowest BCUT2D eigenvalue weighted by molar-refractivity contribution is -0.137. The molecule has 0 bridgehead atoms. The third kappa shape index (κ3) is 1.58. The summed E-state index contributed by atoms with van der Waals surface area (Å²) in [7, 11) is 0. The number of rotatable bonds is 0. The second-order valence-corrected chi connectivity index (χ2v) is 3.92. The van der Waals surface area contributed by atoms with Gasteiger partial charge in [-0.25, -0.2) is 0 Å². The second-order valence-electron chi connectivity index (χ2n) is 2.75. The molecule has 2 rings (SSSR count). The maximum atomic E-state index is 12.3. The standard InChI is InChI=1S/C8H4F3IN2/c9-8(10,11)4-1-6-7(14-2-4)5(12)3-13-6/h1-3,13H. The van der Waals surface area contributed by atoms with Crippen LogP contribution in [-0.2, 0) is 6.18 Å². The van der Waals surface area contributed by atoms with Gasteiger partial charge in [-0.1, -0.05) is 0 Å². The van der Waals surface area contributed by atoms with E-state index in [0.29, 0.717) is 11.0 Å². The normalized spacial score (nSPS) is 12.3. The number of fused-ring (bicyclic) bond motifs is 1. The number of pyridine rings is 1. The van der Waals surface area contributed by atoms with Gasteiger partial charge in [-0.15, -0.1) is 0 Å². The number of nitrogens with zero attached hydrogens (tertiary/aromatic N) is 1. The monoisotopic (exact) mass is 312 g/mol. The predicted molar refractivity (Wildman–Crippen MR) is 53.8 cm³/mol. The van der Waals surface area contributed by atoms with Crippen molar-refractivity contribution in [2.45, 2.75) is 6.18 Å². The highest BCUT2D eigenvalue weighted by Crippen LogP contribution is 2.30. The van der Waals surface area contributed by atoms with E-state index in [1.54, 1.807) is 6.20 Å². The Morgan fingerprint density at radius 2 is 2.07 bits per heavy atom. The van der Waals surface area contributed by atoms with Gasteiger partial charge in [-0.2, -0.15) is 13.2 Å². The van der Waals surface area contributed by atoms with Crippen LogP contribution in [0.2, 0.25) is 0 Å². The van der Waals surface area contributed by atoms with E-state index in [1.807, 2.05) is 22.6 Å². The van der Waals surface area contributed by atoms with Crippen LogP contribution in [0, 0.1) is 3.57 Å². The molecule has 2 heterocycles. The van der Waals surface area contributed by atoms with Gasteiger partial charge in [0.05, 0.1) is 14.7 Å². The highest BCUT2D eigenvalue weighted by Gasteiger charge is 2.31. The van der Waals surface area contributed by atoms with Gasteiger partial charge in [0.1, 0.15) is 5.52 Å². The topological polar surface area (TPSA) is 28.7 Å². The Bertz CT molecular complexity index is 475. The van der Waals surface area contributed by atoms with Gasteiger partial charge in [0.15, 0.2) is 0 Å². The van der Waals surface area contributed by atoms with E-state index in [1.165, 1.54) is 0 Å². The lowest BCUT2D eigenvalue weighted by Gasteiger charge is -2.04. The summed E-state index contributed by atoms with van der Waals surface area (Å²) in [5.74, 6) is 0. The Hall–Kier alpha value is -0.790. The highest BCUT2D eigenvalue weighted by molar-refractivity contribution is 14.1. The third-order valence-electron chi connectivity index (χ3n) is 1.80. The Morgan fingerprint density at radius 1 is 1.36 bits per heavy atom. The van der Waals surface area contributed by atoms with Crippen LogP contribution in [0.4, 0.5) is 13.2 Å². The van der Waals surface area contributed by atoms with Crippen LogP contribution in [0.3, 0.4) is 0 Å². The first kappa shape index (κ1) is 9.75. The molecule has 14 heavy (non-hydrogen) atoms. The molecule has 0 spiro atoms. The van der Waals surface area contributed by atoms with Crippen LogP contribution in [-0.4, -0.2) is 9.97 Å². The van der Waals surface area contributed by atoms with Crippen LogP contribution in [0.5, 0.6) is 0 Å². The number of aromatic amines is 1. The fraction of sp³-hybridized carbons (Fsp3) is 0.125. The van der Waals surface area contributed by atoms with Crippen molar-refractivity contribution in [3.8, 4) is 0 Å². The number of H-pyrrole nitrogens is 1. The highest BCUT2D eigenvalue weighted by atomic mass is 127. The zero-order valence-electron chi connectivity index (χ0n) is 6.69. The van der Waals surface area contributed by atoms with Gasteiger partial charge in [-0.3, -0.25) is 4.98 Å². The molecule has 2 nitrogen and oxygen atoms in total. The van der Waals surface area contributed by atoms with Crippen LogP contribution < -0.4 is 0 Å². The summed E-state index contributed by atoms with van der Waals surface area (Å²) < 4.78 is 37.6. The molecule has 0 amide bonds. The predicted octanol–water partition coefficient (Wildman–Crippen LogP) is 3.19. The minimum atomic E-state index is -4.34. The SMILES string of the molecule is FC(F)(F)c1cnc2c(I)c[nH]c2c1. The van der Waals surface area contributed by atoms with Crippen molar-refractivity contribution in [1.82, 2.24) is 9.97 Å². The third-order valence-corrected chi connectivity index (χ3v) is 2.62. The number of halogens is 4. The number of aromatic nitrogens is 2. The van der Waals surface area contributed by atoms with Gasteiger partial charge in [0, 0.05) is 12.4 Å². The molecule has 0 radical (unpaired) electrons. The van der Waals surface area contributed by atoms with E-state index in [0.717, 1.165) is 15.8 Å². The molecule has 0 aliphatic rings.